The number of para-hydroxylation sites is 3. The van der Waals surface area contributed by atoms with Gasteiger partial charge in [0, 0.05) is 18.8 Å². The maximum Gasteiger partial charge on any atom is 0.233 e. The Morgan fingerprint density at radius 2 is 1.68 bits per heavy atom. The summed E-state index contributed by atoms with van der Waals surface area (Å²) in [4.78, 5) is 19.3. The molecule has 0 radical (unpaired) electrons. The van der Waals surface area contributed by atoms with Crippen LogP contribution in [0.1, 0.15) is 19.3 Å². The van der Waals surface area contributed by atoms with Gasteiger partial charge in [0.1, 0.15) is 0 Å². The molecule has 128 valence electrons. The monoisotopic (exact) mass is 351 g/mol. The SMILES string of the molecule is O=C(CSc1nc2ccccc2n1-c1ccccc1)N1CCCCC1. The molecule has 1 aliphatic heterocycles. The Kier molecular flexibility index (Phi) is 4.74. The predicted octanol–water partition coefficient (Wildman–Crippen LogP) is 4.13. The van der Waals surface area contributed by atoms with E-state index in [1.54, 1.807) is 0 Å². The fourth-order valence-corrected chi connectivity index (χ4v) is 4.22. The van der Waals surface area contributed by atoms with Crippen molar-refractivity contribution >= 4 is 28.7 Å². The van der Waals surface area contributed by atoms with Crippen molar-refractivity contribution < 1.29 is 4.79 Å². The van der Waals surface area contributed by atoms with Gasteiger partial charge < -0.3 is 4.90 Å². The zero-order valence-electron chi connectivity index (χ0n) is 14.1. The van der Waals surface area contributed by atoms with Crippen molar-refractivity contribution in [1.82, 2.24) is 14.5 Å². The van der Waals surface area contributed by atoms with Gasteiger partial charge >= 0.3 is 0 Å². The van der Waals surface area contributed by atoms with Gasteiger partial charge in [0.2, 0.25) is 5.91 Å². The van der Waals surface area contributed by atoms with E-state index in [1.165, 1.54) is 18.2 Å². The first kappa shape index (κ1) is 16.2. The summed E-state index contributed by atoms with van der Waals surface area (Å²) < 4.78 is 2.14. The number of fused-ring (bicyclic) bond motifs is 1. The third-order valence-electron chi connectivity index (χ3n) is 4.58. The molecule has 3 aromatic rings. The molecule has 4 rings (SSSR count). The lowest BCUT2D eigenvalue weighted by molar-refractivity contribution is -0.129. The summed E-state index contributed by atoms with van der Waals surface area (Å²) >= 11 is 1.53. The second kappa shape index (κ2) is 7.31. The molecular formula is C20H21N3OS. The van der Waals surface area contributed by atoms with Gasteiger partial charge in [-0.2, -0.15) is 0 Å². The van der Waals surface area contributed by atoms with Crippen molar-refractivity contribution in [2.24, 2.45) is 0 Å². The Labute approximate surface area is 151 Å². The molecule has 1 aromatic heterocycles. The van der Waals surface area contributed by atoms with Gasteiger partial charge in [-0.1, -0.05) is 42.1 Å². The van der Waals surface area contributed by atoms with Crippen LogP contribution in [-0.2, 0) is 4.79 Å². The van der Waals surface area contributed by atoms with Crippen LogP contribution in [0.3, 0.4) is 0 Å². The van der Waals surface area contributed by atoms with Crippen LogP contribution in [0.2, 0.25) is 0 Å². The zero-order chi connectivity index (χ0) is 17.1. The number of hydrogen-bond acceptors (Lipinski definition) is 3. The molecule has 0 unspecified atom stereocenters. The van der Waals surface area contributed by atoms with Gasteiger partial charge in [-0.3, -0.25) is 9.36 Å². The number of nitrogens with zero attached hydrogens (tertiary/aromatic N) is 3. The summed E-state index contributed by atoms with van der Waals surface area (Å²) in [6.07, 6.45) is 3.48. The Bertz CT molecular complexity index is 869. The molecule has 2 aromatic carbocycles. The Hall–Kier alpha value is -2.27. The van der Waals surface area contributed by atoms with Gasteiger partial charge in [-0.05, 0) is 43.5 Å². The molecule has 4 nitrogen and oxygen atoms in total. The van der Waals surface area contributed by atoms with Crippen LogP contribution in [-0.4, -0.2) is 39.2 Å². The highest BCUT2D eigenvalue weighted by atomic mass is 32.2. The van der Waals surface area contributed by atoms with E-state index in [4.69, 9.17) is 4.98 Å². The standard InChI is InChI=1S/C20H21N3OS/c24-19(22-13-7-2-8-14-22)15-25-20-21-17-11-5-6-12-18(17)23(20)16-9-3-1-4-10-16/h1,3-6,9-12H,2,7-8,13-15H2. The maximum absolute atomic E-state index is 12.5. The van der Waals surface area contributed by atoms with E-state index in [0.717, 1.165) is 47.8 Å². The van der Waals surface area contributed by atoms with Gasteiger partial charge in [-0.25, -0.2) is 4.98 Å². The highest BCUT2D eigenvalue weighted by molar-refractivity contribution is 7.99. The smallest absolute Gasteiger partial charge is 0.233 e. The molecule has 0 bridgehead atoms. The molecule has 0 atom stereocenters. The fraction of sp³-hybridized carbons (Fsp3) is 0.300. The minimum absolute atomic E-state index is 0.219. The summed E-state index contributed by atoms with van der Waals surface area (Å²) in [5.74, 6) is 0.659. The number of rotatable bonds is 4. The second-order valence-corrected chi connectivity index (χ2v) is 7.23. The summed E-state index contributed by atoms with van der Waals surface area (Å²) in [6.45, 7) is 1.79. The van der Waals surface area contributed by atoms with Crippen molar-refractivity contribution in [3.05, 3.63) is 54.6 Å². The molecular weight excluding hydrogens is 330 g/mol. The molecule has 2 heterocycles. The van der Waals surface area contributed by atoms with E-state index in [9.17, 15) is 4.79 Å². The molecule has 1 aliphatic rings. The summed E-state index contributed by atoms with van der Waals surface area (Å²) in [7, 11) is 0. The minimum atomic E-state index is 0.219. The average Bonchev–Trinajstić information content (AvgIpc) is 3.06. The molecule has 5 heteroatoms. The number of hydrogen-bond donors (Lipinski definition) is 0. The Morgan fingerprint density at radius 3 is 2.48 bits per heavy atom. The van der Waals surface area contributed by atoms with Crippen LogP contribution >= 0.6 is 11.8 Å². The van der Waals surface area contributed by atoms with E-state index >= 15 is 0 Å². The van der Waals surface area contributed by atoms with Crippen molar-refractivity contribution in [3.63, 3.8) is 0 Å². The van der Waals surface area contributed by atoms with Gasteiger partial charge in [-0.15, -0.1) is 0 Å². The topological polar surface area (TPSA) is 38.1 Å². The highest BCUT2D eigenvalue weighted by Gasteiger charge is 2.19. The van der Waals surface area contributed by atoms with Gasteiger partial charge in [0.25, 0.3) is 0 Å². The summed E-state index contributed by atoms with van der Waals surface area (Å²) in [5, 5.41) is 0.873. The van der Waals surface area contributed by atoms with E-state index in [2.05, 4.69) is 22.8 Å². The highest BCUT2D eigenvalue weighted by Crippen LogP contribution is 2.28. The number of carbonyl (C=O) groups is 1. The molecule has 0 saturated carbocycles. The van der Waals surface area contributed by atoms with E-state index < -0.39 is 0 Å². The molecule has 0 spiro atoms. The number of thioether (sulfide) groups is 1. The molecule has 1 saturated heterocycles. The van der Waals surface area contributed by atoms with Crippen LogP contribution in [0.4, 0.5) is 0 Å². The van der Waals surface area contributed by atoms with Crippen molar-refractivity contribution in [2.45, 2.75) is 24.4 Å². The molecule has 1 amide bonds. The normalized spacial score (nSPS) is 14.8. The van der Waals surface area contributed by atoms with Crippen molar-refractivity contribution in [2.75, 3.05) is 18.8 Å². The fourth-order valence-electron chi connectivity index (χ4n) is 3.29. The van der Waals surface area contributed by atoms with E-state index in [0.29, 0.717) is 5.75 Å². The van der Waals surface area contributed by atoms with Crippen LogP contribution < -0.4 is 0 Å². The Balaban J connectivity index is 1.61. The number of amides is 1. The van der Waals surface area contributed by atoms with Gasteiger partial charge in [0.05, 0.1) is 16.8 Å². The van der Waals surface area contributed by atoms with Crippen LogP contribution in [0.25, 0.3) is 16.7 Å². The van der Waals surface area contributed by atoms with Crippen LogP contribution in [0, 0.1) is 0 Å². The second-order valence-electron chi connectivity index (χ2n) is 6.28. The third kappa shape index (κ3) is 3.42. The first-order valence-electron chi connectivity index (χ1n) is 8.76. The molecule has 1 fully saturated rings. The molecule has 0 N–H and O–H groups in total. The van der Waals surface area contributed by atoms with Crippen LogP contribution in [0.15, 0.2) is 59.8 Å². The molecule has 25 heavy (non-hydrogen) atoms. The number of carbonyl (C=O) groups excluding carboxylic acids is 1. The number of piperidine rings is 1. The summed E-state index contributed by atoms with van der Waals surface area (Å²) in [5.41, 5.74) is 3.10. The lowest BCUT2D eigenvalue weighted by Crippen LogP contribution is -2.36. The van der Waals surface area contributed by atoms with Gasteiger partial charge in [0.15, 0.2) is 5.16 Å². The minimum Gasteiger partial charge on any atom is -0.342 e. The first-order chi connectivity index (χ1) is 12.3. The first-order valence-corrected chi connectivity index (χ1v) is 9.75. The maximum atomic E-state index is 12.5. The largest absolute Gasteiger partial charge is 0.342 e. The lowest BCUT2D eigenvalue weighted by Gasteiger charge is -2.26. The van der Waals surface area contributed by atoms with E-state index in [-0.39, 0.29) is 5.91 Å². The van der Waals surface area contributed by atoms with Crippen molar-refractivity contribution in [1.29, 1.82) is 0 Å². The number of benzene rings is 2. The predicted molar refractivity (Wildman–Crippen MR) is 102 cm³/mol. The third-order valence-corrected chi connectivity index (χ3v) is 5.50. The van der Waals surface area contributed by atoms with Crippen LogP contribution in [0.5, 0.6) is 0 Å². The zero-order valence-corrected chi connectivity index (χ0v) is 14.9. The molecule has 0 aliphatic carbocycles. The number of imidazole rings is 1. The Morgan fingerprint density at radius 1 is 0.960 bits per heavy atom. The number of likely N-dealkylation sites (tertiary alicyclic amines) is 1. The van der Waals surface area contributed by atoms with E-state index in [1.807, 2.05) is 41.3 Å². The summed E-state index contributed by atoms with van der Waals surface area (Å²) in [6, 6.07) is 18.3. The lowest BCUT2D eigenvalue weighted by atomic mass is 10.1. The number of aromatic nitrogens is 2. The van der Waals surface area contributed by atoms with Crippen molar-refractivity contribution in [3.8, 4) is 5.69 Å². The quantitative estimate of drug-likeness (QED) is 0.663. The average molecular weight is 351 g/mol.